The molecule has 0 aliphatic carbocycles. The first-order chi connectivity index (χ1) is 6.72. The number of carbonyl (C=O) groups is 1. The molecule has 82 valence electrons. The fourth-order valence-electron chi connectivity index (χ4n) is 1.25. The molecule has 0 amide bonds. The van der Waals surface area contributed by atoms with Crippen LogP contribution in [0.15, 0.2) is 30.3 Å². The van der Waals surface area contributed by atoms with Crippen molar-refractivity contribution < 1.29 is 9.90 Å². The molecule has 0 saturated carbocycles. The van der Waals surface area contributed by atoms with Crippen molar-refractivity contribution in [2.45, 2.75) is 19.8 Å². The summed E-state index contributed by atoms with van der Waals surface area (Å²) in [5.74, 6) is -0.914. The van der Waals surface area contributed by atoms with Crippen molar-refractivity contribution in [1.82, 2.24) is 0 Å². The standard InChI is InChI=1S/C12H14O2.ClH/c1-2-3-10-4-6-11(7-5-10)8-9-12(13)14;/h4-9H,2-3H2,1H3,(H,13,14);1H. The number of rotatable bonds is 4. The Hall–Kier alpha value is -1.28. The monoisotopic (exact) mass is 226 g/mol. The van der Waals surface area contributed by atoms with Crippen LogP contribution in [0.1, 0.15) is 24.5 Å². The summed E-state index contributed by atoms with van der Waals surface area (Å²) < 4.78 is 0. The third-order valence-corrected chi connectivity index (χ3v) is 1.94. The summed E-state index contributed by atoms with van der Waals surface area (Å²) in [6.07, 6.45) is 4.94. The van der Waals surface area contributed by atoms with Gasteiger partial charge in [-0.3, -0.25) is 0 Å². The van der Waals surface area contributed by atoms with Crippen LogP contribution in [0.3, 0.4) is 0 Å². The van der Waals surface area contributed by atoms with Crippen LogP contribution in [0.2, 0.25) is 0 Å². The highest BCUT2D eigenvalue weighted by atomic mass is 35.5. The summed E-state index contributed by atoms with van der Waals surface area (Å²) in [5, 5.41) is 8.43. The van der Waals surface area contributed by atoms with E-state index in [0.29, 0.717) is 0 Å². The smallest absolute Gasteiger partial charge is 0.328 e. The predicted octanol–water partition coefficient (Wildman–Crippen LogP) is 3.16. The lowest BCUT2D eigenvalue weighted by Gasteiger charge is -1.98. The van der Waals surface area contributed by atoms with Crippen molar-refractivity contribution in [3.8, 4) is 0 Å². The number of carboxylic acids is 1. The zero-order valence-electron chi connectivity index (χ0n) is 8.64. The summed E-state index contributed by atoms with van der Waals surface area (Å²) in [5.41, 5.74) is 2.22. The number of aryl methyl sites for hydroxylation is 1. The Kier molecular flexibility index (Phi) is 6.47. The molecule has 0 fully saturated rings. The molecular formula is C12H15ClO2. The number of benzene rings is 1. The minimum Gasteiger partial charge on any atom is -0.478 e. The van der Waals surface area contributed by atoms with Crippen LogP contribution in [0, 0.1) is 0 Å². The van der Waals surface area contributed by atoms with E-state index in [1.807, 2.05) is 24.3 Å². The Morgan fingerprint density at radius 1 is 1.33 bits per heavy atom. The van der Waals surface area contributed by atoms with Gasteiger partial charge in [0.05, 0.1) is 0 Å². The van der Waals surface area contributed by atoms with Crippen molar-refractivity contribution in [1.29, 1.82) is 0 Å². The van der Waals surface area contributed by atoms with Gasteiger partial charge in [-0.1, -0.05) is 37.6 Å². The maximum atomic E-state index is 10.3. The molecule has 0 aliphatic heterocycles. The van der Waals surface area contributed by atoms with E-state index in [9.17, 15) is 4.79 Å². The SMILES string of the molecule is CCCc1ccc(C=CC(=O)O)cc1.Cl. The third-order valence-electron chi connectivity index (χ3n) is 1.94. The van der Waals surface area contributed by atoms with Crippen LogP contribution >= 0.6 is 12.4 Å². The van der Waals surface area contributed by atoms with Crippen molar-refractivity contribution in [2.75, 3.05) is 0 Å². The molecule has 2 nitrogen and oxygen atoms in total. The second kappa shape index (κ2) is 7.07. The quantitative estimate of drug-likeness (QED) is 0.801. The second-order valence-corrected chi connectivity index (χ2v) is 3.16. The number of carboxylic acid groups (broad SMARTS) is 1. The Morgan fingerprint density at radius 2 is 1.93 bits per heavy atom. The molecule has 0 saturated heterocycles. The first-order valence-corrected chi connectivity index (χ1v) is 4.72. The zero-order valence-corrected chi connectivity index (χ0v) is 9.46. The van der Waals surface area contributed by atoms with Crippen LogP contribution in [0.25, 0.3) is 6.08 Å². The molecule has 3 heteroatoms. The molecule has 1 rings (SSSR count). The highest BCUT2D eigenvalue weighted by Gasteiger charge is 1.91. The van der Waals surface area contributed by atoms with E-state index in [4.69, 9.17) is 5.11 Å². The summed E-state index contributed by atoms with van der Waals surface area (Å²) in [4.78, 5) is 10.3. The molecule has 0 aromatic heterocycles. The number of halogens is 1. The Bertz CT molecular complexity index is 328. The van der Waals surface area contributed by atoms with E-state index in [0.717, 1.165) is 24.5 Å². The van der Waals surface area contributed by atoms with Gasteiger partial charge in [0.2, 0.25) is 0 Å². The van der Waals surface area contributed by atoms with E-state index in [1.165, 1.54) is 5.56 Å². The molecule has 0 heterocycles. The van der Waals surface area contributed by atoms with Gasteiger partial charge in [-0.2, -0.15) is 0 Å². The molecule has 0 atom stereocenters. The summed E-state index contributed by atoms with van der Waals surface area (Å²) in [6.45, 7) is 2.14. The maximum Gasteiger partial charge on any atom is 0.328 e. The fraction of sp³-hybridized carbons (Fsp3) is 0.250. The minimum atomic E-state index is -0.914. The summed E-state index contributed by atoms with van der Waals surface area (Å²) in [7, 11) is 0. The van der Waals surface area contributed by atoms with E-state index in [-0.39, 0.29) is 12.4 Å². The van der Waals surface area contributed by atoms with Gasteiger partial charge in [-0.05, 0) is 23.6 Å². The average molecular weight is 227 g/mol. The van der Waals surface area contributed by atoms with Gasteiger partial charge in [0.25, 0.3) is 0 Å². The fourth-order valence-corrected chi connectivity index (χ4v) is 1.25. The van der Waals surface area contributed by atoms with Gasteiger partial charge in [0, 0.05) is 6.08 Å². The molecule has 0 radical (unpaired) electrons. The van der Waals surface area contributed by atoms with Crippen molar-refractivity contribution in [3.05, 3.63) is 41.5 Å². The van der Waals surface area contributed by atoms with Crippen molar-refractivity contribution in [2.24, 2.45) is 0 Å². The average Bonchev–Trinajstić information content (AvgIpc) is 2.17. The summed E-state index contributed by atoms with van der Waals surface area (Å²) >= 11 is 0. The van der Waals surface area contributed by atoms with Gasteiger partial charge in [0.15, 0.2) is 0 Å². The Morgan fingerprint density at radius 3 is 2.40 bits per heavy atom. The van der Waals surface area contributed by atoms with E-state index in [2.05, 4.69) is 6.92 Å². The molecule has 15 heavy (non-hydrogen) atoms. The number of aliphatic carboxylic acids is 1. The molecule has 0 aliphatic rings. The van der Waals surface area contributed by atoms with Gasteiger partial charge in [0.1, 0.15) is 0 Å². The topological polar surface area (TPSA) is 37.3 Å². The lowest BCUT2D eigenvalue weighted by molar-refractivity contribution is -0.131. The van der Waals surface area contributed by atoms with Crippen LogP contribution < -0.4 is 0 Å². The molecule has 0 spiro atoms. The zero-order chi connectivity index (χ0) is 10.4. The predicted molar refractivity (Wildman–Crippen MR) is 64.4 cm³/mol. The normalized spacial score (nSPS) is 9.93. The highest BCUT2D eigenvalue weighted by Crippen LogP contribution is 2.07. The molecule has 0 bridgehead atoms. The minimum absolute atomic E-state index is 0. The van der Waals surface area contributed by atoms with Gasteiger partial charge in [-0.15, -0.1) is 12.4 Å². The molecule has 1 N–H and O–H groups in total. The van der Waals surface area contributed by atoms with Crippen LogP contribution in [-0.2, 0) is 11.2 Å². The highest BCUT2D eigenvalue weighted by molar-refractivity contribution is 5.85. The van der Waals surface area contributed by atoms with Gasteiger partial charge >= 0.3 is 5.97 Å². The van der Waals surface area contributed by atoms with E-state index in [1.54, 1.807) is 6.08 Å². The second-order valence-electron chi connectivity index (χ2n) is 3.16. The van der Waals surface area contributed by atoms with Crippen molar-refractivity contribution >= 4 is 24.5 Å². The maximum absolute atomic E-state index is 10.3. The lowest BCUT2D eigenvalue weighted by atomic mass is 10.1. The summed E-state index contributed by atoms with van der Waals surface area (Å²) in [6, 6.07) is 7.94. The number of hydrogen-bond acceptors (Lipinski definition) is 1. The largest absolute Gasteiger partial charge is 0.478 e. The molecular weight excluding hydrogens is 212 g/mol. The molecule has 1 aromatic carbocycles. The van der Waals surface area contributed by atoms with Gasteiger partial charge < -0.3 is 5.11 Å². The number of hydrogen-bond donors (Lipinski definition) is 1. The molecule has 1 aromatic rings. The third kappa shape index (κ3) is 5.23. The van der Waals surface area contributed by atoms with Crippen LogP contribution in [0.4, 0.5) is 0 Å². The van der Waals surface area contributed by atoms with E-state index < -0.39 is 5.97 Å². The Labute approximate surface area is 96.0 Å². The Balaban J connectivity index is 0.00000196. The van der Waals surface area contributed by atoms with Crippen LogP contribution in [0.5, 0.6) is 0 Å². The first kappa shape index (κ1) is 13.7. The first-order valence-electron chi connectivity index (χ1n) is 4.72. The van der Waals surface area contributed by atoms with Crippen LogP contribution in [-0.4, -0.2) is 11.1 Å². The van der Waals surface area contributed by atoms with Gasteiger partial charge in [-0.25, -0.2) is 4.79 Å². The lowest BCUT2D eigenvalue weighted by Crippen LogP contribution is -1.86. The van der Waals surface area contributed by atoms with E-state index >= 15 is 0 Å². The van der Waals surface area contributed by atoms with Crippen molar-refractivity contribution in [3.63, 3.8) is 0 Å². The molecule has 0 unspecified atom stereocenters.